The highest BCUT2D eigenvalue weighted by Crippen LogP contribution is 2.01. The lowest BCUT2D eigenvalue weighted by atomic mass is 10.3. The van der Waals surface area contributed by atoms with Crippen LogP contribution in [0.25, 0.3) is 12.2 Å². The van der Waals surface area contributed by atoms with E-state index in [0.29, 0.717) is 11.8 Å². The van der Waals surface area contributed by atoms with Gasteiger partial charge in [-0.25, -0.2) is 9.98 Å². The summed E-state index contributed by atoms with van der Waals surface area (Å²) in [4.78, 5) is 8.43. The smallest absolute Gasteiger partial charge is 0.221 e. The number of hydrogen-bond acceptors (Lipinski definition) is 3. The monoisotopic (exact) mass is 242 g/mol. The first-order chi connectivity index (χ1) is 8.74. The van der Waals surface area contributed by atoms with Crippen LogP contribution in [0.5, 0.6) is 5.88 Å². The molecule has 0 aromatic carbocycles. The summed E-state index contributed by atoms with van der Waals surface area (Å²) in [6.07, 6.45) is 9.01. The van der Waals surface area contributed by atoms with Crippen LogP contribution in [0.4, 0.5) is 0 Å². The van der Waals surface area contributed by atoms with Crippen LogP contribution < -0.4 is 15.3 Å². The molecular weight excluding hydrogens is 224 g/mol. The summed E-state index contributed by atoms with van der Waals surface area (Å²) >= 11 is 0. The lowest BCUT2D eigenvalue weighted by Gasteiger charge is -2.03. The Bertz CT molecular complexity index is 583. The van der Waals surface area contributed by atoms with Crippen LogP contribution in [0, 0.1) is 0 Å². The highest BCUT2D eigenvalue weighted by atomic mass is 16.5. The summed E-state index contributed by atoms with van der Waals surface area (Å²) in [7, 11) is 0. The van der Waals surface area contributed by atoms with Crippen molar-refractivity contribution in [1.82, 2.24) is 4.98 Å². The Morgan fingerprint density at radius 3 is 2.61 bits per heavy atom. The molecule has 1 heterocycles. The van der Waals surface area contributed by atoms with E-state index in [1.807, 2.05) is 51.1 Å². The van der Waals surface area contributed by atoms with Gasteiger partial charge in [0.25, 0.3) is 0 Å². The summed E-state index contributed by atoms with van der Waals surface area (Å²) in [5.41, 5.74) is 0. The molecule has 0 saturated heterocycles. The zero-order valence-electron chi connectivity index (χ0n) is 11.1. The van der Waals surface area contributed by atoms with Crippen molar-refractivity contribution in [2.75, 3.05) is 0 Å². The largest absolute Gasteiger partial charge is 0.421 e. The molecule has 1 aromatic heterocycles. The summed E-state index contributed by atoms with van der Waals surface area (Å²) < 4.78 is 5.58. The number of rotatable bonds is 3. The minimum atomic E-state index is 0.468. The van der Waals surface area contributed by atoms with Crippen molar-refractivity contribution in [3.8, 4) is 5.88 Å². The maximum atomic E-state index is 5.58. The Morgan fingerprint density at radius 1 is 1.28 bits per heavy atom. The standard InChI is InChI=1S/C15H18N2O/c1-5-9-14(16-8-4)18-15-11-10-12(6-2)13(7-3)17-15/h5-11H,4H2,1-3H3/b9-5-,12-6-,13-7+,16-14?. The second kappa shape index (κ2) is 7.22. The molecule has 3 heteroatoms. The fraction of sp³-hybridized carbons (Fsp3) is 0.200. The molecular formula is C15H18N2O. The molecule has 94 valence electrons. The van der Waals surface area contributed by atoms with Crippen molar-refractivity contribution in [2.24, 2.45) is 4.99 Å². The van der Waals surface area contributed by atoms with Crippen LogP contribution >= 0.6 is 0 Å². The van der Waals surface area contributed by atoms with Crippen molar-refractivity contribution in [3.63, 3.8) is 0 Å². The normalized spacial score (nSPS) is 14.3. The Kier molecular flexibility index (Phi) is 5.58. The molecule has 0 radical (unpaired) electrons. The van der Waals surface area contributed by atoms with E-state index in [0.717, 1.165) is 10.6 Å². The number of pyridine rings is 1. The first kappa shape index (κ1) is 13.9. The fourth-order valence-corrected chi connectivity index (χ4v) is 1.44. The van der Waals surface area contributed by atoms with Crippen LogP contribution in [0.3, 0.4) is 0 Å². The van der Waals surface area contributed by atoms with E-state index in [1.165, 1.54) is 6.20 Å². The Hall–Kier alpha value is -2.16. The van der Waals surface area contributed by atoms with Gasteiger partial charge in [-0.2, -0.15) is 0 Å². The van der Waals surface area contributed by atoms with Gasteiger partial charge in [0.1, 0.15) is 0 Å². The molecule has 1 rings (SSSR count). The SMILES string of the molecule is C=CN=C(/C=C\C)Oc1ccc(=C/C)/c(=C\C)n1. The summed E-state index contributed by atoms with van der Waals surface area (Å²) in [5.74, 6) is 0.989. The van der Waals surface area contributed by atoms with Gasteiger partial charge in [-0.1, -0.05) is 24.8 Å². The van der Waals surface area contributed by atoms with E-state index in [-0.39, 0.29) is 0 Å². The lowest BCUT2D eigenvalue weighted by molar-refractivity contribution is 0.529. The van der Waals surface area contributed by atoms with Crippen LogP contribution in [-0.2, 0) is 0 Å². The quantitative estimate of drug-likeness (QED) is 0.601. The maximum absolute atomic E-state index is 5.58. The van der Waals surface area contributed by atoms with E-state index in [2.05, 4.69) is 16.6 Å². The third-order valence-corrected chi connectivity index (χ3v) is 2.25. The first-order valence-electron chi connectivity index (χ1n) is 5.84. The van der Waals surface area contributed by atoms with Crippen molar-refractivity contribution in [1.29, 1.82) is 0 Å². The van der Waals surface area contributed by atoms with Gasteiger partial charge in [0.15, 0.2) is 0 Å². The Morgan fingerprint density at radius 2 is 2.06 bits per heavy atom. The van der Waals surface area contributed by atoms with E-state index >= 15 is 0 Å². The molecule has 0 aliphatic heterocycles. The number of allylic oxidation sites excluding steroid dienone is 1. The summed E-state index contributed by atoms with van der Waals surface area (Å²) in [6.45, 7) is 9.38. The molecule has 0 bridgehead atoms. The van der Waals surface area contributed by atoms with Gasteiger partial charge in [0.05, 0.1) is 5.35 Å². The second-order valence-electron chi connectivity index (χ2n) is 3.45. The average molecular weight is 242 g/mol. The molecule has 0 spiro atoms. The Balaban J connectivity index is 3.13. The molecule has 0 amide bonds. The highest BCUT2D eigenvalue weighted by molar-refractivity contribution is 5.89. The number of nitrogens with zero attached hydrogens (tertiary/aromatic N) is 2. The molecule has 0 aliphatic carbocycles. The van der Waals surface area contributed by atoms with Gasteiger partial charge < -0.3 is 4.74 Å². The highest BCUT2D eigenvalue weighted by Gasteiger charge is 1.99. The van der Waals surface area contributed by atoms with Crippen molar-refractivity contribution in [2.45, 2.75) is 20.8 Å². The van der Waals surface area contributed by atoms with Crippen LogP contribution in [0.15, 0.2) is 42.1 Å². The van der Waals surface area contributed by atoms with E-state index in [4.69, 9.17) is 4.74 Å². The predicted molar refractivity (Wildman–Crippen MR) is 76.8 cm³/mol. The lowest BCUT2D eigenvalue weighted by Crippen LogP contribution is -2.28. The molecule has 18 heavy (non-hydrogen) atoms. The zero-order valence-corrected chi connectivity index (χ0v) is 11.1. The molecule has 0 fully saturated rings. The third-order valence-electron chi connectivity index (χ3n) is 2.25. The summed E-state index contributed by atoms with van der Waals surface area (Å²) in [5, 5.41) is 1.98. The minimum absolute atomic E-state index is 0.468. The van der Waals surface area contributed by atoms with E-state index in [9.17, 15) is 0 Å². The molecule has 0 unspecified atom stereocenters. The van der Waals surface area contributed by atoms with Gasteiger partial charge in [-0.15, -0.1) is 0 Å². The molecule has 3 nitrogen and oxygen atoms in total. The maximum Gasteiger partial charge on any atom is 0.221 e. The van der Waals surface area contributed by atoms with Gasteiger partial charge in [-0.05, 0) is 38.1 Å². The number of ether oxygens (including phenoxy) is 1. The average Bonchev–Trinajstić information content (AvgIpc) is 2.39. The van der Waals surface area contributed by atoms with E-state index < -0.39 is 0 Å². The van der Waals surface area contributed by atoms with Gasteiger partial charge >= 0.3 is 0 Å². The second-order valence-corrected chi connectivity index (χ2v) is 3.45. The van der Waals surface area contributed by atoms with Crippen LogP contribution in [-0.4, -0.2) is 10.9 Å². The van der Waals surface area contributed by atoms with E-state index in [1.54, 1.807) is 6.08 Å². The third kappa shape index (κ3) is 3.70. The van der Waals surface area contributed by atoms with Crippen LogP contribution in [0.1, 0.15) is 20.8 Å². The topological polar surface area (TPSA) is 34.5 Å². The molecule has 0 saturated carbocycles. The summed E-state index contributed by atoms with van der Waals surface area (Å²) in [6, 6.07) is 3.79. The predicted octanol–water partition coefficient (Wildman–Crippen LogP) is 2.18. The molecule has 1 aromatic rings. The first-order valence-corrected chi connectivity index (χ1v) is 5.84. The molecule has 0 aliphatic rings. The van der Waals surface area contributed by atoms with Gasteiger partial charge in [-0.3, -0.25) is 0 Å². The zero-order chi connectivity index (χ0) is 13.4. The molecule has 0 atom stereocenters. The number of aliphatic imine (C=N–C) groups is 1. The van der Waals surface area contributed by atoms with Gasteiger partial charge in [0.2, 0.25) is 11.8 Å². The molecule has 0 N–H and O–H groups in total. The fourth-order valence-electron chi connectivity index (χ4n) is 1.44. The Labute approximate surface area is 108 Å². The number of aromatic nitrogens is 1. The number of hydrogen-bond donors (Lipinski definition) is 0. The van der Waals surface area contributed by atoms with Crippen molar-refractivity contribution >= 4 is 18.0 Å². The van der Waals surface area contributed by atoms with Gasteiger partial charge in [0, 0.05) is 12.3 Å². The minimum Gasteiger partial charge on any atom is -0.421 e. The van der Waals surface area contributed by atoms with Crippen molar-refractivity contribution in [3.05, 3.63) is 47.6 Å². The van der Waals surface area contributed by atoms with Crippen molar-refractivity contribution < 1.29 is 4.74 Å². The van der Waals surface area contributed by atoms with Crippen LogP contribution in [0.2, 0.25) is 0 Å².